The Morgan fingerprint density at radius 2 is 1.68 bits per heavy atom. The third-order valence-electron chi connectivity index (χ3n) is 3.87. The maximum absolute atomic E-state index is 11.7. The van der Waals surface area contributed by atoms with Gasteiger partial charge in [0.2, 0.25) is 0 Å². The average molecular weight is 263 g/mol. The Bertz CT molecular complexity index is 409. The van der Waals surface area contributed by atoms with Crippen molar-refractivity contribution in [3.05, 3.63) is 35.4 Å². The van der Waals surface area contributed by atoms with Gasteiger partial charge in [0.15, 0.2) is 0 Å². The van der Waals surface area contributed by atoms with Gasteiger partial charge < -0.3 is 5.11 Å². The summed E-state index contributed by atoms with van der Waals surface area (Å²) in [5, 5.41) is 9.65. The van der Waals surface area contributed by atoms with Crippen LogP contribution in [-0.4, -0.2) is 29.1 Å². The van der Waals surface area contributed by atoms with Gasteiger partial charge in [0.1, 0.15) is 5.54 Å². The summed E-state index contributed by atoms with van der Waals surface area (Å²) in [6.45, 7) is 9.36. The topological polar surface area (TPSA) is 40.5 Å². The normalized spacial score (nSPS) is 14.4. The molecule has 0 aromatic heterocycles. The lowest BCUT2D eigenvalue weighted by atomic mass is 9.89. The summed E-state index contributed by atoms with van der Waals surface area (Å²) in [7, 11) is 0. The molecule has 0 aliphatic rings. The van der Waals surface area contributed by atoms with Gasteiger partial charge >= 0.3 is 5.97 Å². The van der Waals surface area contributed by atoms with Crippen molar-refractivity contribution in [1.82, 2.24) is 4.90 Å². The van der Waals surface area contributed by atoms with Crippen LogP contribution in [0.25, 0.3) is 0 Å². The van der Waals surface area contributed by atoms with E-state index in [2.05, 4.69) is 6.92 Å². The number of hydrogen-bond acceptors (Lipinski definition) is 2. The van der Waals surface area contributed by atoms with Gasteiger partial charge in [-0.05, 0) is 37.6 Å². The molecule has 0 fully saturated rings. The minimum atomic E-state index is -0.950. The van der Waals surface area contributed by atoms with E-state index in [0.717, 1.165) is 31.5 Å². The molecule has 0 aliphatic carbocycles. The third-order valence-corrected chi connectivity index (χ3v) is 3.87. The van der Waals surface area contributed by atoms with Gasteiger partial charge in [0.25, 0.3) is 0 Å². The summed E-state index contributed by atoms with van der Waals surface area (Å²) in [6.07, 6.45) is 2.14. The molecule has 0 radical (unpaired) electrons. The number of nitrogens with zero attached hydrogens (tertiary/aromatic N) is 1. The van der Waals surface area contributed by atoms with Gasteiger partial charge in [-0.3, -0.25) is 4.90 Å². The maximum atomic E-state index is 11.7. The number of rotatable bonds is 7. The first kappa shape index (κ1) is 15.7. The first-order chi connectivity index (χ1) is 9.00. The zero-order valence-electron chi connectivity index (χ0n) is 12.4. The molecule has 3 nitrogen and oxygen atoms in total. The van der Waals surface area contributed by atoms with E-state index >= 15 is 0 Å². The summed E-state index contributed by atoms with van der Waals surface area (Å²) in [4.78, 5) is 13.7. The van der Waals surface area contributed by atoms with Crippen LogP contribution in [0.1, 0.15) is 45.2 Å². The van der Waals surface area contributed by atoms with Crippen LogP contribution >= 0.6 is 0 Å². The molecule has 106 valence electrons. The van der Waals surface area contributed by atoms with Crippen molar-refractivity contribution in [3.63, 3.8) is 0 Å². The first-order valence-corrected chi connectivity index (χ1v) is 7.08. The van der Waals surface area contributed by atoms with Crippen LogP contribution in [0.2, 0.25) is 0 Å². The Morgan fingerprint density at radius 1 is 1.16 bits per heavy atom. The highest BCUT2D eigenvalue weighted by molar-refractivity contribution is 5.80. The highest BCUT2D eigenvalue weighted by atomic mass is 16.4. The second-order valence-corrected chi connectivity index (χ2v) is 5.00. The van der Waals surface area contributed by atoms with Crippen molar-refractivity contribution in [1.29, 1.82) is 0 Å². The van der Waals surface area contributed by atoms with E-state index in [1.54, 1.807) is 6.92 Å². The SMILES string of the molecule is CCCc1ccc(C(C)(C(=O)O)N(CC)CC)cc1. The number of carboxylic acids is 1. The highest BCUT2D eigenvalue weighted by Gasteiger charge is 2.39. The van der Waals surface area contributed by atoms with Gasteiger partial charge in [0, 0.05) is 0 Å². The van der Waals surface area contributed by atoms with Gasteiger partial charge in [-0.25, -0.2) is 4.79 Å². The van der Waals surface area contributed by atoms with Crippen LogP contribution in [-0.2, 0) is 16.8 Å². The molecular formula is C16H25NO2. The lowest BCUT2D eigenvalue weighted by Gasteiger charge is -2.37. The summed E-state index contributed by atoms with van der Waals surface area (Å²) >= 11 is 0. The molecule has 1 atom stereocenters. The standard InChI is InChI=1S/C16H25NO2/c1-5-8-13-9-11-14(12-10-13)16(4,15(18)19)17(6-2)7-3/h9-12H,5-8H2,1-4H3,(H,18,19). The predicted molar refractivity (Wildman–Crippen MR) is 78.3 cm³/mol. The van der Waals surface area contributed by atoms with E-state index in [0.29, 0.717) is 0 Å². The molecule has 0 bridgehead atoms. The van der Waals surface area contributed by atoms with Crippen LogP contribution in [0.15, 0.2) is 24.3 Å². The van der Waals surface area contributed by atoms with Crippen molar-refractivity contribution in [2.24, 2.45) is 0 Å². The number of aryl methyl sites for hydroxylation is 1. The fraction of sp³-hybridized carbons (Fsp3) is 0.562. The molecule has 3 heteroatoms. The molecular weight excluding hydrogens is 238 g/mol. The Morgan fingerprint density at radius 3 is 2.05 bits per heavy atom. The maximum Gasteiger partial charge on any atom is 0.328 e. The van der Waals surface area contributed by atoms with Crippen molar-refractivity contribution in [2.75, 3.05) is 13.1 Å². The van der Waals surface area contributed by atoms with E-state index < -0.39 is 11.5 Å². The molecule has 0 saturated heterocycles. The van der Waals surface area contributed by atoms with Crippen molar-refractivity contribution < 1.29 is 9.90 Å². The molecule has 1 unspecified atom stereocenters. The summed E-state index contributed by atoms with van der Waals surface area (Å²) < 4.78 is 0. The van der Waals surface area contributed by atoms with Gasteiger partial charge in [-0.15, -0.1) is 0 Å². The van der Waals surface area contributed by atoms with E-state index in [1.165, 1.54) is 5.56 Å². The molecule has 0 spiro atoms. The molecule has 0 amide bonds. The average Bonchev–Trinajstić information content (AvgIpc) is 2.40. The Hall–Kier alpha value is -1.35. The monoisotopic (exact) mass is 263 g/mol. The fourth-order valence-electron chi connectivity index (χ4n) is 2.58. The largest absolute Gasteiger partial charge is 0.480 e. The smallest absolute Gasteiger partial charge is 0.328 e. The van der Waals surface area contributed by atoms with Crippen LogP contribution in [0, 0.1) is 0 Å². The number of carboxylic acid groups (broad SMARTS) is 1. The molecule has 0 aliphatic heterocycles. The molecule has 1 N–H and O–H groups in total. The molecule has 1 aromatic rings. The number of aliphatic carboxylic acids is 1. The highest BCUT2D eigenvalue weighted by Crippen LogP contribution is 2.29. The fourth-order valence-corrected chi connectivity index (χ4v) is 2.58. The van der Waals surface area contributed by atoms with E-state index in [-0.39, 0.29) is 0 Å². The van der Waals surface area contributed by atoms with E-state index in [9.17, 15) is 9.90 Å². The molecule has 19 heavy (non-hydrogen) atoms. The Labute approximate surface area is 116 Å². The van der Waals surface area contributed by atoms with Crippen molar-refractivity contribution >= 4 is 5.97 Å². The number of likely N-dealkylation sites (N-methyl/N-ethyl adjacent to an activating group) is 1. The van der Waals surface area contributed by atoms with Gasteiger partial charge in [0.05, 0.1) is 0 Å². The second kappa shape index (κ2) is 6.71. The quantitative estimate of drug-likeness (QED) is 0.820. The van der Waals surface area contributed by atoms with Crippen LogP contribution in [0.3, 0.4) is 0 Å². The minimum absolute atomic E-state index is 0.718. The molecule has 0 saturated carbocycles. The molecule has 1 aromatic carbocycles. The molecule has 1 rings (SSSR count). The summed E-state index contributed by atoms with van der Waals surface area (Å²) in [6, 6.07) is 8.00. The van der Waals surface area contributed by atoms with Gasteiger partial charge in [-0.2, -0.15) is 0 Å². The third kappa shape index (κ3) is 3.16. The number of hydrogen-bond donors (Lipinski definition) is 1. The number of carbonyl (C=O) groups is 1. The predicted octanol–water partition coefficient (Wildman–Crippen LogP) is 3.28. The van der Waals surface area contributed by atoms with E-state index in [1.807, 2.05) is 43.0 Å². The van der Waals surface area contributed by atoms with Gasteiger partial charge in [-0.1, -0.05) is 51.5 Å². The lowest BCUT2D eigenvalue weighted by Crippen LogP contribution is -2.49. The number of benzene rings is 1. The summed E-state index contributed by atoms with van der Waals surface area (Å²) in [5.74, 6) is -0.792. The Balaban J connectivity index is 3.15. The zero-order chi connectivity index (χ0) is 14.5. The lowest BCUT2D eigenvalue weighted by molar-refractivity contribution is -0.151. The van der Waals surface area contributed by atoms with Crippen LogP contribution in [0.4, 0.5) is 0 Å². The minimum Gasteiger partial charge on any atom is -0.480 e. The van der Waals surface area contributed by atoms with Crippen molar-refractivity contribution in [3.8, 4) is 0 Å². The van der Waals surface area contributed by atoms with Crippen LogP contribution in [0.5, 0.6) is 0 Å². The van der Waals surface area contributed by atoms with E-state index in [4.69, 9.17) is 0 Å². The Kier molecular flexibility index (Phi) is 5.55. The molecule has 0 heterocycles. The zero-order valence-corrected chi connectivity index (χ0v) is 12.4. The van der Waals surface area contributed by atoms with Crippen LogP contribution < -0.4 is 0 Å². The first-order valence-electron chi connectivity index (χ1n) is 7.08. The van der Waals surface area contributed by atoms with Crippen molar-refractivity contribution in [2.45, 2.75) is 46.1 Å². The second-order valence-electron chi connectivity index (χ2n) is 5.00. The summed E-state index contributed by atoms with van der Waals surface area (Å²) in [5.41, 5.74) is 1.16.